The molecule has 6 nitrogen and oxygen atoms in total. The highest BCUT2D eigenvalue weighted by Gasteiger charge is 2.20. The average molecular weight is 316 g/mol. The van der Waals surface area contributed by atoms with E-state index >= 15 is 0 Å². The van der Waals surface area contributed by atoms with E-state index in [9.17, 15) is 9.59 Å². The highest BCUT2D eigenvalue weighted by atomic mass is 16.5. The first-order valence-electron chi connectivity index (χ1n) is 7.79. The van der Waals surface area contributed by atoms with Crippen LogP contribution in [0.4, 0.5) is 5.69 Å². The summed E-state index contributed by atoms with van der Waals surface area (Å²) >= 11 is 0. The summed E-state index contributed by atoms with van der Waals surface area (Å²) in [6.07, 6.45) is 0. The highest BCUT2D eigenvalue weighted by Crippen LogP contribution is 2.26. The van der Waals surface area contributed by atoms with E-state index in [1.807, 2.05) is 23.1 Å². The minimum Gasteiger partial charge on any atom is -0.460 e. The molecule has 3 rings (SSSR count). The molecule has 0 unspecified atom stereocenters. The number of anilines is 1. The van der Waals surface area contributed by atoms with Crippen molar-refractivity contribution in [2.75, 3.05) is 37.7 Å². The number of fused-ring (bicyclic) bond motifs is 1. The van der Waals surface area contributed by atoms with Crippen molar-refractivity contribution in [3.63, 3.8) is 0 Å². The van der Waals surface area contributed by atoms with Gasteiger partial charge in [0.15, 0.2) is 0 Å². The van der Waals surface area contributed by atoms with Crippen molar-refractivity contribution >= 4 is 28.5 Å². The summed E-state index contributed by atoms with van der Waals surface area (Å²) in [5.74, 6) is -0.102. The minimum absolute atomic E-state index is 0.119. The van der Waals surface area contributed by atoms with Crippen molar-refractivity contribution in [1.29, 1.82) is 0 Å². The Labute approximate surface area is 134 Å². The third-order valence-corrected chi connectivity index (χ3v) is 4.07. The molecule has 0 aliphatic carbocycles. The van der Waals surface area contributed by atoms with Crippen molar-refractivity contribution in [2.24, 2.45) is 0 Å². The Morgan fingerprint density at radius 3 is 2.57 bits per heavy atom. The molecule has 0 spiro atoms. The number of carbonyl (C=O) groups is 2. The predicted molar refractivity (Wildman–Crippen MR) is 86.6 cm³/mol. The van der Waals surface area contributed by atoms with Gasteiger partial charge < -0.3 is 19.0 Å². The number of carbonyl (C=O) groups excluding carboxylic acids is 2. The third-order valence-electron chi connectivity index (χ3n) is 4.07. The first kappa shape index (κ1) is 15.4. The number of furan rings is 1. The van der Waals surface area contributed by atoms with E-state index in [1.54, 1.807) is 19.9 Å². The summed E-state index contributed by atoms with van der Waals surface area (Å²) < 4.78 is 10.5. The molecule has 0 bridgehead atoms. The number of ether oxygens (including phenoxy) is 1. The van der Waals surface area contributed by atoms with Gasteiger partial charge in [-0.1, -0.05) is 0 Å². The van der Waals surface area contributed by atoms with Crippen LogP contribution in [0.3, 0.4) is 0 Å². The van der Waals surface area contributed by atoms with E-state index in [1.165, 1.54) is 0 Å². The topological polar surface area (TPSA) is 63.0 Å². The molecule has 0 radical (unpaired) electrons. The predicted octanol–water partition coefficient (Wildman–Crippen LogP) is 2.28. The summed E-state index contributed by atoms with van der Waals surface area (Å²) in [6, 6.07) is 7.56. The van der Waals surface area contributed by atoms with Crippen LogP contribution in [0.25, 0.3) is 11.0 Å². The fraction of sp³-hybridized carbons (Fsp3) is 0.412. The molecule has 23 heavy (non-hydrogen) atoms. The molecule has 2 aromatic rings. The quantitative estimate of drug-likeness (QED) is 0.813. The largest absolute Gasteiger partial charge is 0.460 e. The summed E-state index contributed by atoms with van der Waals surface area (Å²) in [4.78, 5) is 27.2. The Balaban J connectivity index is 1.78. The van der Waals surface area contributed by atoms with Gasteiger partial charge in [-0.15, -0.1) is 0 Å². The van der Waals surface area contributed by atoms with Crippen LogP contribution in [0.1, 0.15) is 24.4 Å². The zero-order chi connectivity index (χ0) is 16.4. The molecule has 1 aromatic heterocycles. The molecule has 0 atom stereocenters. The summed E-state index contributed by atoms with van der Waals surface area (Å²) in [6.45, 7) is 6.74. The van der Waals surface area contributed by atoms with Crippen LogP contribution < -0.4 is 4.90 Å². The summed E-state index contributed by atoms with van der Waals surface area (Å²) in [7, 11) is 0. The van der Waals surface area contributed by atoms with Crippen molar-refractivity contribution < 1.29 is 18.7 Å². The normalized spacial score (nSPS) is 15.0. The van der Waals surface area contributed by atoms with Gasteiger partial charge in [-0.3, -0.25) is 4.79 Å². The lowest BCUT2D eigenvalue weighted by atomic mass is 10.2. The number of nitrogens with zero attached hydrogens (tertiary/aromatic N) is 2. The number of hydrogen-bond donors (Lipinski definition) is 0. The van der Waals surface area contributed by atoms with Gasteiger partial charge in [-0.25, -0.2) is 4.79 Å². The number of rotatable bonds is 3. The maximum absolute atomic E-state index is 11.7. The lowest BCUT2D eigenvalue weighted by Crippen LogP contribution is -2.48. The monoisotopic (exact) mass is 316 g/mol. The van der Waals surface area contributed by atoms with Crippen molar-refractivity contribution in [1.82, 2.24) is 4.90 Å². The molecule has 0 saturated carbocycles. The van der Waals surface area contributed by atoms with Crippen LogP contribution in [0.15, 0.2) is 28.7 Å². The standard InChI is InChI=1S/C17H20N2O4/c1-3-22-17(21)16-11-13-10-14(4-5-15(13)23-16)19-8-6-18(7-9-19)12(2)20/h4-5,10-11H,3,6-9H2,1-2H3. The molecule has 2 heterocycles. The molecule has 122 valence electrons. The van der Waals surface area contributed by atoms with Crippen LogP contribution in [0, 0.1) is 0 Å². The average Bonchev–Trinajstić information content (AvgIpc) is 2.98. The van der Waals surface area contributed by atoms with Gasteiger partial charge in [0, 0.05) is 44.2 Å². The van der Waals surface area contributed by atoms with Gasteiger partial charge in [0.2, 0.25) is 11.7 Å². The van der Waals surface area contributed by atoms with Gasteiger partial charge in [-0.05, 0) is 31.2 Å². The van der Waals surface area contributed by atoms with Crippen molar-refractivity contribution in [3.05, 3.63) is 30.0 Å². The summed E-state index contributed by atoms with van der Waals surface area (Å²) in [5, 5.41) is 0.875. The van der Waals surface area contributed by atoms with Crippen molar-refractivity contribution in [3.8, 4) is 0 Å². The molecule has 0 N–H and O–H groups in total. The number of amides is 1. The second-order valence-electron chi connectivity index (χ2n) is 5.55. The maximum Gasteiger partial charge on any atom is 0.374 e. The second kappa shape index (κ2) is 6.32. The second-order valence-corrected chi connectivity index (χ2v) is 5.55. The Morgan fingerprint density at radius 1 is 1.17 bits per heavy atom. The maximum atomic E-state index is 11.7. The Hall–Kier alpha value is -2.50. The van der Waals surface area contributed by atoms with Crippen LogP contribution >= 0.6 is 0 Å². The molecule has 1 saturated heterocycles. The van der Waals surface area contributed by atoms with Crippen LogP contribution in [-0.2, 0) is 9.53 Å². The van der Waals surface area contributed by atoms with E-state index in [2.05, 4.69) is 4.90 Å². The lowest BCUT2D eigenvalue weighted by molar-refractivity contribution is -0.129. The van der Waals surface area contributed by atoms with E-state index in [0.717, 1.165) is 37.3 Å². The van der Waals surface area contributed by atoms with E-state index in [4.69, 9.17) is 9.15 Å². The van der Waals surface area contributed by atoms with Gasteiger partial charge in [0.25, 0.3) is 0 Å². The Morgan fingerprint density at radius 2 is 1.91 bits per heavy atom. The molecular formula is C17H20N2O4. The molecular weight excluding hydrogens is 296 g/mol. The minimum atomic E-state index is -0.444. The fourth-order valence-corrected chi connectivity index (χ4v) is 2.81. The molecule has 1 amide bonds. The molecule has 1 fully saturated rings. The summed E-state index contributed by atoms with van der Waals surface area (Å²) in [5.41, 5.74) is 1.73. The van der Waals surface area contributed by atoms with Gasteiger partial charge in [0.1, 0.15) is 5.58 Å². The first-order valence-corrected chi connectivity index (χ1v) is 7.79. The van der Waals surface area contributed by atoms with Gasteiger partial charge in [-0.2, -0.15) is 0 Å². The molecule has 1 aromatic carbocycles. The highest BCUT2D eigenvalue weighted by molar-refractivity contribution is 5.93. The fourth-order valence-electron chi connectivity index (χ4n) is 2.81. The number of esters is 1. The van der Waals surface area contributed by atoms with E-state index < -0.39 is 5.97 Å². The number of hydrogen-bond acceptors (Lipinski definition) is 5. The smallest absolute Gasteiger partial charge is 0.374 e. The lowest BCUT2D eigenvalue weighted by Gasteiger charge is -2.35. The Bertz CT molecular complexity index is 729. The molecule has 1 aliphatic rings. The molecule has 1 aliphatic heterocycles. The van der Waals surface area contributed by atoms with E-state index in [-0.39, 0.29) is 11.7 Å². The van der Waals surface area contributed by atoms with Crippen LogP contribution in [0.5, 0.6) is 0 Å². The number of benzene rings is 1. The Kier molecular flexibility index (Phi) is 4.23. The zero-order valence-electron chi connectivity index (χ0n) is 13.4. The number of piperazine rings is 1. The SMILES string of the molecule is CCOC(=O)c1cc2cc(N3CCN(C(C)=O)CC3)ccc2o1. The van der Waals surface area contributed by atoms with Gasteiger partial charge in [0.05, 0.1) is 6.61 Å². The van der Waals surface area contributed by atoms with Crippen molar-refractivity contribution in [2.45, 2.75) is 13.8 Å². The first-order chi connectivity index (χ1) is 11.1. The molecule has 6 heteroatoms. The zero-order valence-corrected chi connectivity index (χ0v) is 13.4. The van der Waals surface area contributed by atoms with Crippen LogP contribution in [0.2, 0.25) is 0 Å². The van der Waals surface area contributed by atoms with Gasteiger partial charge >= 0.3 is 5.97 Å². The van der Waals surface area contributed by atoms with E-state index in [0.29, 0.717) is 12.2 Å². The third kappa shape index (κ3) is 3.16. The van der Waals surface area contributed by atoms with Crippen LogP contribution in [-0.4, -0.2) is 49.6 Å².